The lowest BCUT2D eigenvalue weighted by atomic mass is 10.1. The van der Waals surface area contributed by atoms with Crippen LogP contribution in [-0.4, -0.2) is 25.5 Å². The van der Waals surface area contributed by atoms with Crippen molar-refractivity contribution < 1.29 is 19.0 Å². The number of hydrogen-bond donors (Lipinski definition) is 0. The van der Waals surface area contributed by atoms with Crippen molar-refractivity contribution in [1.29, 1.82) is 0 Å². The lowest BCUT2D eigenvalue weighted by Crippen LogP contribution is -2.37. The maximum Gasteiger partial charge on any atom is 0.231 e. The molecule has 0 aliphatic carbocycles. The van der Waals surface area contributed by atoms with Crippen molar-refractivity contribution in [2.45, 2.75) is 13.1 Å². The number of benzene rings is 3. The number of ether oxygens (including phenoxy) is 3. The van der Waals surface area contributed by atoms with Crippen LogP contribution < -0.4 is 24.1 Å². The smallest absolute Gasteiger partial charge is 0.231 e. The first-order valence-electron chi connectivity index (χ1n) is 10.0. The Bertz CT molecular complexity index is 1190. The molecule has 2 aliphatic rings. The third-order valence-electron chi connectivity index (χ3n) is 5.36. The van der Waals surface area contributed by atoms with Gasteiger partial charge in [-0.1, -0.05) is 17.7 Å². The molecule has 162 valence electrons. The van der Waals surface area contributed by atoms with E-state index in [2.05, 4.69) is 0 Å². The minimum atomic E-state index is -0.432. The number of methoxy groups -OCH3 is 1. The first kappa shape index (κ1) is 20.2. The second kappa shape index (κ2) is 8.09. The molecule has 0 fully saturated rings. The van der Waals surface area contributed by atoms with Crippen molar-refractivity contribution in [3.05, 3.63) is 77.3 Å². The molecule has 0 bridgehead atoms. The van der Waals surface area contributed by atoms with E-state index in [1.54, 1.807) is 19.2 Å². The van der Waals surface area contributed by atoms with E-state index in [1.807, 2.05) is 64.5 Å². The lowest BCUT2D eigenvalue weighted by molar-refractivity contribution is -0.111. The topological polar surface area (TPSA) is 63.6 Å². The van der Waals surface area contributed by atoms with Crippen molar-refractivity contribution >= 4 is 34.6 Å². The number of anilines is 2. The van der Waals surface area contributed by atoms with Crippen LogP contribution in [0.1, 0.15) is 18.7 Å². The van der Waals surface area contributed by atoms with Crippen molar-refractivity contribution in [2.75, 3.05) is 23.8 Å². The summed E-state index contributed by atoms with van der Waals surface area (Å²) in [7, 11) is 1.62. The number of hydrogen-bond acceptors (Lipinski definition) is 7. The maximum absolute atomic E-state index is 12.7. The summed E-state index contributed by atoms with van der Waals surface area (Å²) in [6.45, 7) is 1.69. The minimum absolute atomic E-state index is 0.150. The Kier molecular flexibility index (Phi) is 5.11. The van der Waals surface area contributed by atoms with Gasteiger partial charge in [0, 0.05) is 23.2 Å². The molecule has 7 nitrogen and oxygen atoms in total. The van der Waals surface area contributed by atoms with Gasteiger partial charge >= 0.3 is 0 Å². The van der Waals surface area contributed by atoms with E-state index in [4.69, 9.17) is 30.9 Å². The van der Waals surface area contributed by atoms with Crippen LogP contribution in [0.2, 0.25) is 5.02 Å². The van der Waals surface area contributed by atoms with Crippen molar-refractivity contribution in [3.8, 4) is 17.2 Å². The van der Waals surface area contributed by atoms with Gasteiger partial charge in [0.15, 0.2) is 29.3 Å². The summed E-state index contributed by atoms with van der Waals surface area (Å²) in [6, 6.07) is 20.6. The highest BCUT2D eigenvalue weighted by Crippen LogP contribution is 2.42. The molecule has 0 N–H and O–H groups in total. The molecule has 0 aromatic heterocycles. The van der Waals surface area contributed by atoms with Gasteiger partial charge in [-0.15, -0.1) is 5.10 Å². The molecule has 0 spiro atoms. The van der Waals surface area contributed by atoms with E-state index in [0.29, 0.717) is 22.4 Å². The summed E-state index contributed by atoms with van der Waals surface area (Å²) < 4.78 is 16.4. The average molecular weight is 450 g/mol. The second-order valence-corrected chi connectivity index (χ2v) is 7.79. The Morgan fingerprint density at radius 3 is 2.38 bits per heavy atom. The van der Waals surface area contributed by atoms with Crippen LogP contribution in [-0.2, 0) is 4.79 Å². The van der Waals surface area contributed by atoms with Crippen LogP contribution in [0.4, 0.5) is 11.4 Å². The third-order valence-corrected chi connectivity index (χ3v) is 5.61. The number of nitrogens with zero attached hydrogens (tertiary/aromatic N) is 3. The number of amidine groups is 1. The van der Waals surface area contributed by atoms with Gasteiger partial charge in [0.1, 0.15) is 5.75 Å². The standard InChI is InChI=1S/C24H20ClN3O4/c1-15(29)23-26-28(19-6-4-17(25)5-7-19)24(16-3-12-21-22(13-16)32-14-31-21)27(23)18-8-10-20(30-2)11-9-18/h3-13,24H,14H2,1-2H3/t24-/m1/s1. The van der Waals surface area contributed by atoms with Crippen molar-refractivity contribution in [3.63, 3.8) is 0 Å². The van der Waals surface area contributed by atoms with Gasteiger partial charge in [-0.25, -0.2) is 5.01 Å². The lowest BCUT2D eigenvalue weighted by Gasteiger charge is -2.32. The second-order valence-electron chi connectivity index (χ2n) is 7.36. The highest BCUT2D eigenvalue weighted by molar-refractivity contribution is 6.44. The first-order chi connectivity index (χ1) is 15.5. The monoisotopic (exact) mass is 449 g/mol. The summed E-state index contributed by atoms with van der Waals surface area (Å²) >= 11 is 6.11. The Hall–Kier alpha value is -3.71. The molecule has 32 heavy (non-hydrogen) atoms. The van der Waals surface area contributed by atoms with E-state index in [9.17, 15) is 4.79 Å². The number of fused-ring (bicyclic) bond motifs is 1. The van der Waals surface area contributed by atoms with Crippen molar-refractivity contribution in [2.24, 2.45) is 5.10 Å². The average Bonchev–Trinajstić information content (AvgIpc) is 3.44. The Balaban J connectivity index is 1.66. The van der Waals surface area contributed by atoms with Crippen LogP contribution in [0.5, 0.6) is 17.2 Å². The molecule has 2 aliphatic heterocycles. The molecule has 0 amide bonds. The predicted molar refractivity (Wildman–Crippen MR) is 123 cm³/mol. The molecule has 8 heteroatoms. The molecule has 3 aromatic rings. The molecule has 0 saturated carbocycles. The largest absolute Gasteiger partial charge is 0.497 e. The first-order valence-corrected chi connectivity index (χ1v) is 10.4. The van der Waals surface area contributed by atoms with Gasteiger partial charge in [0.25, 0.3) is 0 Å². The number of hydrazone groups is 1. The highest BCUT2D eigenvalue weighted by Gasteiger charge is 2.39. The van der Waals surface area contributed by atoms with E-state index >= 15 is 0 Å². The molecule has 0 radical (unpaired) electrons. The van der Waals surface area contributed by atoms with Gasteiger partial charge in [-0.3, -0.25) is 9.69 Å². The van der Waals surface area contributed by atoms with Crippen LogP contribution in [0.3, 0.4) is 0 Å². The molecule has 1 atom stereocenters. The molecule has 3 aromatic carbocycles. The van der Waals surface area contributed by atoms with Crippen LogP contribution in [0.15, 0.2) is 71.8 Å². The zero-order valence-electron chi connectivity index (χ0n) is 17.5. The molecular formula is C24H20ClN3O4. The predicted octanol–water partition coefficient (Wildman–Crippen LogP) is 5.01. The molecular weight excluding hydrogens is 430 g/mol. The fourth-order valence-corrected chi connectivity index (χ4v) is 3.96. The summed E-state index contributed by atoms with van der Waals surface area (Å²) in [5.41, 5.74) is 2.49. The zero-order chi connectivity index (χ0) is 22.2. The van der Waals surface area contributed by atoms with Gasteiger partial charge in [-0.2, -0.15) is 0 Å². The van der Waals surface area contributed by atoms with Crippen LogP contribution in [0, 0.1) is 0 Å². The normalized spacial score (nSPS) is 16.8. The van der Waals surface area contributed by atoms with Gasteiger partial charge < -0.3 is 14.2 Å². The van der Waals surface area contributed by atoms with Crippen LogP contribution in [0.25, 0.3) is 0 Å². The molecule has 0 unspecified atom stereocenters. The molecule has 0 saturated heterocycles. The summed E-state index contributed by atoms with van der Waals surface area (Å²) in [5.74, 6) is 2.25. The highest BCUT2D eigenvalue weighted by atomic mass is 35.5. The summed E-state index contributed by atoms with van der Waals surface area (Å²) in [4.78, 5) is 14.6. The Morgan fingerprint density at radius 1 is 1.00 bits per heavy atom. The van der Waals surface area contributed by atoms with E-state index in [-0.39, 0.29) is 12.6 Å². The van der Waals surface area contributed by atoms with E-state index in [1.165, 1.54) is 6.92 Å². The Morgan fingerprint density at radius 2 is 1.69 bits per heavy atom. The quantitative estimate of drug-likeness (QED) is 0.546. The molecule has 2 heterocycles. The maximum atomic E-state index is 12.7. The number of carbonyl (C=O) groups excluding carboxylic acids is 1. The fraction of sp³-hybridized carbons (Fsp3) is 0.167. The van der Waals surface area contributed by atoms with Gasteiger partial charge in [0.05, 0.1) is 12.8 Å². The van der Waals surface area contributed by atoms with E-state index in [0.717, 1.165) is 22.7 Å². The summed E-state index contributed by atoms with van der Waals surface area (Å²) in [5, 5.41) is 7.15. The van der Waals surface area contributed by atoms with Crippen molar-refractivity contribution in [1.82, 2.24) is 0 Å². The Labute approximate surface area is 190 Å². The van der Waals surface area contributed by atoms with Gasteiger partial charge in [0.2, 0.25) is 6.79 Å². The van der Waals surface area contributed by atoms with Crippen LogP contribution >= 0.6 is 11.6 Å². The van der Waals surface area contributed by atoms with Gasteiger partial charge in [-0.05, 0) is 60.7 Å². The zero-order valence-corrected chi connectivity index (χ0v) is 18.2. The number of Topliss-reactive ketones (excluding diaryl/α,β-unsaturated/α-hetero) is 1. The van der Waals surface area contributed by atoms with E-state index < -0.39 is 6.17 Å². The number of rotatable bonds is 5. The summed E-state index contributed by atoms with van der Waals surface area (Å²) in [6.07, 6.45) is -0.432. The number of carbonyl (C=O) groups is 1. The fourth-order valence-electron chi connectivity index (χ4n) is 3.83. The SMILES string of the molecule is COc1ccc(N2C(C(C)=O)=NN(c3ccc(Cl)cc3)[C@@H]2c2ccc3c(c2)OCO3)cc1. The number of halogens is 1. The third kappa shape index (κ3) is 3.50. The number of ketones is 1. The molecule has 5 rings (SSSR count). The minimum Gasteiger partial charge on any atom is -0.497 e.